The van der Waals surface area contributed by atoms with Gasteiger partial charge in [-0.1, -0.05) is 18.2 Å². The van der Waals surface area contributed by atoms with Crippen molar-refractivity contribution in [2.45, 2.75) is 0 Å². The molecule has 1 aromatic heterocycles. The van der Waals surface area contributed by atoms with Crippen molar-refractivity contribution in [1.29, 1.82) is 0 Å². The van der Waals surface area contributed by atoms with E-state index < -0.39 is 5.97 Å². The van der Waals surface area contributed by atoms with Gasteiger partial charge in [0, 0.05) is 0 Å². The van der Waals surface area contributed by atoms with Gasteiger partial charge in [-0.3, -0.25) is 0 Å². The molecule has 0 spiro atoms. The highest BCUT2D eigenvalue weighted by atomic mass is 32.1. The van der Waals surface area contributed by atoms with Crippen molar-refractivity contribution >= 4 is 17.3 Å². The van der Waals surface area contributed by atoms with Gasteiger partial charge < -0.3 is 5.11 Å². The third-order valence-corrected chi connectivity index (χ3v) is 2.67. The van der Waals surface area contributed by atoms with Crippen LogP contribution in [0.2, 0.25) is 0 Å². The Morgan fingerprint density at radius 1 is 1.21 bits per heavy atom. The van der Waals surface area contributed by atoms with Crippen LogP contribution < -0.4 is 0 Å². The molecule has 2 nitrogen and oxygen atoms in total. The van der Waals surface area contributed by atoms with E-state index in [4.69, 9.17) is 5.11 Å². The van der Waals surface area contributed by atoms with E-state index in [1.165, 1.54) is 0 Å². The first-order chi connectivity index (χ1) is 6.79. The third kappa shape index (κ3) is 1.54. The molecule has 2 rings (SSSR count). The Kier molecular flexibility index (Phi) is 2.33. The number of hydrogen-bond donors (Lipinski definition) is 1. The Balaban J connectivity index is 2.58. The second-order valence-corrected chi connectivity index (χ2v) is 3.64. The first-order valence-corrected chi connectivity index (χ1v) is 5.08. The van der Waals surface area contributed by atoms with Crippen LogP contribution in [0, 0.1) is 0 Å². The van der Waals surface area contributed by atoms with E-state index in [1.807, 2.05) is 29.0 Å². The molecule has 0 saturated carbocycles. The standard InChI is InChI=1S/C11H8O2S/c12-11(13)10-4-2-1-3-9(10)8-5-6-14-7-8/h1-7H,(H,12,13). The average molecular weight is 204 g/mol. The van der Waals surface area contributed by atoms with Crippen LogP contribution in [0.4, 0.5) is 0 Å². The predicted octanol–water partition coefficient (Wildman–Crippen LogP) is 3.11. The van der Waals surface area contributed by atoms with E-state index >= 15 is 0 Å². The topological polar surface area (TPSA) is 37.3 Å². The molecule has 14 heavy (non-hydrogen) atoms. The second-order valence-electron chi connectivity index (χ2n) is 2.86. The molecule has 3 heteroatoms. The lowest BCUT2D eigenvalue weighted by Crippen LogP contribution is -1.98. The van der Waals surface area contributed by atoms with Crippen LogP contribution in [0.5, 0.6) is 0 Å². The van der Waals surface area contributed by atoms with Crippen LogP contribution in [0.3, 0.4) is 0 Å². The van der Waals surface area contributed by atoms with Crippen molar-refractivity contribution in [1.82, 2.24) is 0 Å². The summed E-state index contributed by atoms with van der Waals surface area (Å²) < 4.78 is 0. The van der Waals surface area contributed by atoms with Gasteiger partial charge in [0.2, 0.25) is 0 Å². The van der Waals surface area contributed by atoms with E-state index in [0.29, 0.717) is 5.56 Å². The molecule has 0 amide bonds. The van der Waals surface area contributed by atoms with E-state index in [0.717, 1.165) is 11.1 Å². The minimum Gasteiger partial charge on any atom is -0.478 e. The summed E-state index contributed by atoms with van der Waals surface area (Å²) in [7, 11) is 0. The maximum atomic E-state index is 10.9. The summed E-state index contributed by atoms with van der Waals surface area (Å²) in [5, 5.41) is 12.9. The molecule has 1 heterocycles. The molecule has 0 saturated heterocycles. The fourth-order valence-corrected chi connectivity index (χ4v) is 1.99. The summed E-state index contributed by atoms with van der Waals surface area (Å²) in [5.74, 6) is -0.883. The minimum absolute atomic E-state index is 0.353. The minimum atomic E-state index is -0.883. The first-order valence-electron chi connectivity index (χ1n) is 4.14. The van der Waals surface area contributed by atoms with Crippen LogP contribution in [-0.2, 0) is 0 Å². The van der Waals surface area contributed by atoms with Crippen LogP contribution in [0.1, 0.15) is 10.4 Å². The summed E-state index contributed by atoms with van der Waals surface area (Å²) >= 11 is 1.56. The molecule has 0 radical (unpaired) electrons. The van der Waals surface area contributed by atoms with Crippen LogP contribution in [-0.4, -0.2) is 11.1 Å². The number of thiophene rings is 1. The van der Waals surface area contributed by atoms with Gasteiger partial charge in [0.15, 0.2) is 0 Å². The molecular weight excluding hydrogens is 196 g/mol. The Morgan fingerprint density at radius 3 is 2.64 bits per heavy atom. The summed E-state index contributed by atoms with van der Waals surface area (Å²) in [4.78, 5) is 10.9. The molecule has 0 aliphatic rings. The molecule has 0 unspecified atom stereocenters. The third-order valence-electron chi connectivity index (χ3n) is 1.99. The monoisotopic (exact) mass is 204 g/mol. The quantitative estimate of drug-likeness (QED) is 0.816. The maximum absolute atomic E-state index is 10.9. The van der Waals surface area contributed by atoms with Gasteiger partial charge in [0.1, 0.15) is 0 Å². The number of carboxylic acid groups (broad SMARTS) is 1. The smallest absolute Gasteiger partial charge is 0.336 e. The van der Waals surface area contributed by atoms with E-state index in [1.54, 1.807) is 23.5 Å². The Hall–Kier alpha value is -1.61. The highest BCUT2D eigenvalue weighted by molar-refractivity contribution is 7.08. The molecule has 0 bridgehead atoms. The molecule has 0 aliphatic heterocycles. The molecule has 2 aromatic rings. The summed E-state index contributed by atoms with van der Waals surface area (Å²) in [6.45, 7) is 0. The van der Waals surface area contributed by atoms with E-state index in [-0.39, 0.29) is 0 Å². The zero-order valence-electron chi connectivity index (χ0n) is 7.31. The Labute approximate surface area is 85.4 Å². The van der Waals surface area contributed by atoms with Gasteiger partial charge in [-0.2, -0.15) is 11.3 Å². The molecule has 0 atom stereocenters. The van der Waals surface area contributed by atoms with E-state index in [2.05, 4.69) is 0 Å². The van der Waals surface area contributed by atoms with Crippen molar-refractivity contribution in [3.8, 4) is 11.1 Å². The fourth-order valence-electron chi connectivity index (χ4n) is 1.34. The average Bonchev–Trinajstić information content (AvgIpc) is 2.70. The highest BCUT2D eigenvalue weighted by Crippen LogP contribution is 2.25. The molecule has 0 aliphatic carbocycles. The van der Waals surface area contributed by atoms with Gasteiger partial charge in [0.05, 0.1) is 5.56 Å². The lowest BCUT2D eigenvalue weighted by atomic mass is 10.0. The summed E-state index contributed by atoms with van der Waals surface area (Å²) in [5.41, 5.74) is 2.10. The number of rotatable bonds is 2. The number of carboxylic acids is 1. The molecule has 1 aromatic carbocycles. The lowest BCUT2D eigenvalue weighted by molar-refractivity contribution is 0.0698. The van der Waals surface area contributed by atoms with Crippen molar-refractivity contribution in [3.05, 3.63) is 46.7 Å². The largest absolute Gasteiger partial charge is 0.478 e. The summed E-state index contributed by atoms with van der Waals surface area (Å²) in [6.07, 6.45) is 0. The highest BCUT2D eigenvalue weighted by Gasteiger charge is 2.10. The molecule has 70 valence electrons. The van der Waals surface area contributed by atoms with Crippen LogP contribution in [0.25, 0.3) is 11.1 Å². The van der Waals surface area contributed by atoms with Gasteiger partial charge in [-0.15, -0.1) is 0 Å². The predicted molar refractivity (Wildman–Crippen MR) is 56.7 cm³/mol. The van der Waals surface area contributed by atoms with Gasteiger partial charge >= 0.3 is 5.97 Å². The number of hydrogen-bond acceptors (Lipinski definition) is 2. The maximum Gasteiger partial charge on any atom is 0.336 e. The number of aromatic carboxylic acids is 1. The SMILES string of the molecule is O=C(O)c1ccccc1-c1ccsc1. The molecular formula is C11H8O2S. The van der Waals surface area contributed by atoms with Crippen LogP contribution >= 0.6 is 11.3 Å². The fraction of sp³-hybridized carbons (Fsp3) is 0. The van der Waals surface area contributed by atoms with Crippen molar-refractivity contribution in [2.24, 2.45) is 0 Å². The van der Waals surface area contributed by atoms with E-state index in [9.17, 15) is 4.79 Å². The molecule has 1 N–H and O–H groups in total. The normalized spacial score (nSPS) is 10.0. The molecule has 0 fully saturated rings. The Morgan fingerprint density at radius 2 is 2.00 bits per heavy atom. The zero-order chi connectivity index (χ0) is 9.97. The number of benzene rings is 1. The van der Waals surface area contributed by atoms with Gasteiger partial charge in [-0.05, 0) is 34.0 Å². The first kappa shape index (κ1) is 8.97. The lowest BCUT2D eigenvalue weighted by Gasteiger charge is -2.02. The van der Waals surface area contributed by atoms with Crippen molar-refractivity contribution in [2.75, 3.05) is 0 Å². The van der Waals surface area contributed by atoms with Crippen molar-refractivity contribution in [3.63, 3.8) is 0 Å². The van der Waals surface area contributed by atoms with Crippen molar-refractivity contribution < 1.29 is 9.90 Å². The van der Waals surface area contributed by atoms with Crippen LogP contribution in [0.15, 0.2) is 41.1 Å². The number of carbonyl (C=O) groups is 1. The van der Waals surface area contributed by atoms with Gasteiger partial charge in [-0.25, -0.2) is 4.79 Å². The summed E-state index contributed by atoms with van der Waals surface area (Å²) in [6, 6.07) is 8.95. The van der Waals surface area contributed by atoms with Gasteiger partial charge in [0.25, 0.3) is 0 Å². The Bertz CT molecular complexity index is 446. The second kappa shape index (κ2) is 3.64. The zero-order valence-corrected chi connectivity index (χ0v) is 8.12.